The number of methoxy groups -OCH3 is 1. The van der Waals surface area contributed by atoms with Crippen LogP contribution in [0.2, 0.25) is 0 Å². The zero-order chi connectivity index (χ0) is 14.8. The quantitative estimate of drug-likeness (QED) is 0.451. The van der Waals surface area contributed by atoms with E-state index in [1.54, 1.807) is 13.3 Å². The van der Waals surface area contributed by atoms with Crippen LogP contribution in [0.4, 0.5) is 0 Å². The first kappa shape index (κ1) is 16.1. The van der Waals surface area contributed by atoms with Gasteiger partial charge in [0.2, 0.25) is 11.8 Å². The van der Waals surface area contributed by atoms with Gasteiger partial charge in [-0.05, 0) is 6.42 Å². The van der Waals surface area contributed by atoms with Gasteiger partial charge in [0, 0.05) is 20.3 Å². The number of hydrogen-bond donors (Lipinski definition) is 3. The second kappa shape index (κ2) is 8.99. The van der Waals surface area contributed by atoms with Crippen molar-refractivity contribution in [2.45, 2.75) is 19.5 Å². The molecular weight excluding hydrogens is 264 g/mol. The molecule has 0 spiro atoms. The van der Waals surface area contributed by atoms with Gasteiger partial charge in [0.15, 0.2) is 0 Å². The molecule has 9 heteroatoms. The van der Waals surface area contributed by atoms with Crippen LogP contribution in [0.3, 0.4) is 0 Å². The second-order valence-corrected chi connectivity index (χ2v) is 4.08. The van der Waals surface area contributed by atoms with Gasteiger partial charge in [-0.25, -0.2) is 4.68 Å². The number of nitrogens with zero attached hydrogens (tertiary/aromatic N) is 3. The largest absolute Gasteiger partial charge is 0.385 e. The highest BCUT2D eigenvalue weighted by Gasteiger charge is 2.06. The van der Waals surface area contributed by atoms with Crippen LogP contribution in [0.25, 0.3) is 0 Å². The Labute approximate surface area is 116 Å². The van der Waals surface area contributed by atoms with E-state index >= 15 is 0 Å². The lowest BCUT2D eigenvalue weighted by Gasteiger charge is -2.04. The molecule has 0 aliphatic heterocycles. The first-order valence-corrected chi connectivity index (χ1v) is 6.27. The normalized spacial score (nSPS) is 10.3. The van der Waals surface area contributed by atoms with E-state index in [0.717, 1.165) is 6.42 Å². The molecular formula is C11H20N6O3. The summed E-state index contributed by atoms with van der Waals surface area (Å²) in [5.74, 6) is -0.418. The maximum atomic E-state index is 11.6. The number of nitrogens with one attached hydrogen (secondary N) is 2. The number of rotatable bonds is 9. The van der Waals surface area contributed by atoms with Gasteiger partial charge in [0.05, 0.1) is 19.3 Å². The molecule has 112 valence electrons. The van der Waals surface area contributed by atoms with E-state index < -0.39 is 0 Å². The monoisotopic (exact) mass is 284 g/mol. The Morgan fingerprint density at radius 3 is 2.90 bits per heavy atom. The van der Waals surface area contributed by atoms with Crippen molar-refractivity contribution in [3.63, 3.8) is 0 Å². The van der Waals surface area contributed by atoms with Crippen molar-refractivity contribution < 1.29 is 14.3 Å². The summed E-state index contributed by atoms with van der Waals surface area (Å²) in [6, 6.07) is 0. The molecule has 20 heavy (non-hydrogen) atoms. The maximum Gasteiger partial charge on any atom is 0.241 e. The number of carbonyl (C=O) groups excluding carboxylic acids is 2. The van der Waals surface area contributed by atoms with Gasteiger partial charge in [0.25, 0.3) is 0 Å². The molecule has 0 saturated heterocycles. The van der Waals surface area contributed by atoms with E-state index in [1.807, 2.05) is 0 Å². The lowest BCUT2D eigenvalue weighted by Crippen LogP contribution is -2.30. The second-order valence-electron chi connectivity index (χ2n) is 4.08. The molecule has 1 aromatic rings. The molecule has 2 amide bonds. The lowest BCUT2D eigenvalue weighted by molar-refractivity contribution is -0.122. The fraction of sp³-hybridized carbons (Fsp3) is 0.636. The molecule has 9 nitrogen and oxygen atoms in total. The Morgan fingerprint density at radius 2 is 2.20 bits per heavy atom. The third-order valence-corrected chi connectivity index (χ3v) is 2.39. The van der Waals surface area contributed by atoms with Gasteiger partial charge in [-0.2, -0.15) is 0 Å². The predicted molar refractivity (Wildman–Crippen MR) is 70.4 cm³/mol. The molecule has 1 heterocycles. The van der Waals surface area contributed by atoms with Gasteiger partial charge in [-0.3, -0.25) is 9.59 Å². The van der Waals surface area contributed by atoms with Crippen LogP contribution < -0.4 is 16.4 Å². The molecule has 0 unspecified atom stereocenters. The topological polar surface area (TPSA) is 124 Å². The van der Waals surface area contributed by atoms with E-state index in [-0.39, 0.29) is 31.4 Å². The summed E-state index contributed by atoms with van der Waals surface area (Å²) in [4.78, 5) is 22.5. The van der Waals surface area contributed by atoms with Crippen molar-refractivity contribution in [2.24, 2.45) is 5.73 Å². The van der Waals surface area contributed by atoms with Gasteiger partial charge in [-0.15, -0.1) is 5.10 Å². The average Bonchev–Trinajstić information content (AvgIpc) is 2.88. The van der Waals surface area contributed by atoms with Crippen molar-refractivity contribution in [2.75, 3.05) is 26.8 Å². The van der Waals surface area contributed by atoms with E-state index in [9.17, 15) is 9.59 Å². The zero-order valence-electron chi connectivity index (χ0n) is 11.5. The van der Waals surface area contributed by atoms with Crippen molar-refractivity contribution in [1.82, 2.24) is 25.6 Å². The van der Waals surface area contributed by atoms with Crippen molar-refractivity contribution in [3.05, 3.63) is 11.9 Å². The Balaban J connectivity index is 2.28. The summed E-state index contributed by atoms with van der Waals surface area (Å²) in [6.07, 6.45) is 2.36. The minimum atomic E-state index is -0.268. The number of hydrogen-bond acceptors (Lipinski definition) is 6. The van der Waals surface area contributed by atoms with Crippen LogP contribution in [0, 0.1) is 0 Å². The van der Waals surface area contributed by atoms with Gasteiger partial charge in [-0.1, -0.05) is 5.21 Å². The molecule has 4 N–H and O–H groups in total. The third kappa shape index (κ3) is 6.25. The summed E-state index contributed by atoms with van der Waals surface area (Å²) < 4.78 is 6.29. The van der Waals surface area contributed by atoms with E-state index in [0.29, 0.717) is 18.8 Å². The van der Waals surface area contributed by atoms with Gasteiger partial charge < -0.3 is 21.1 Å². The number of carbonyl (C=O) groups is 2. The molecule has 0 radical (unpaired) electrons. The highest BCUT2D eigenvalue weighted by atomic mass is 16.5. The summed E-state index contributed by atoms with van der Waals surface area (Å²) >= 11 is 0. The molecule has 0 aliphatic carbocycles. The molecule has 0 aromatic carbocycles. The molecule has 0 saturated carbocycles. The number of amides is 2. The third-order valence-electron chi connectivity index (χ3n) is 2.39. The molecule has 0 aliphatic rings. The Kier molecular flexibility index (Phi) is 7.22. The Morgan fingerprint density at radius 1 is 1.40 bits per heavy atom. The molecule has 1 rings (SSSR count). The van der Waals surface area contributed by atoms with Crippen LogP contribution in [-0.2, 0) is 27.4 Å². The van der Waals surface area contributed by atoms with Crippen LogP contribution in [0.15, 0.2) is 6.20 Å². The Bertz CT molecular complexity index is 434. The van der Waals surface area contributed by atoms with Gasteiger partial charge in [0.1, 0.15) is 12.2 Å². The standard InChI is InChI=1S/C11H20N6O3/c1-20-4-2-3-13-11(19)8-17-7-9(15-16-17)6-14-10(18)5-12/h7H,2-6,8,12H2,1H3,(H,13,19)(H,14,18). The highest BCUT2D eigenvalue weighted by molar-refractivity contribution is 5.77. The number of aromatic nitrogens is 3. The lowest BCUT2D eigenvalue weighted by atomic mass is 10.4. The van der Waals surface area contributed by atoms with Gasteiger partial charge >= 0.3 is 0 Å². The first-order chi connectivity index (χ1) is 9.65. The van der Waals surface area contributed by atoms with Crippen LogP contribution in [0.1, 0.15) is 12.1 Å². The highest BCUT2D eigenvalue weighted by Crippen LogP contribution is 1.92. The Hall–Kier alpha value is -2.00. The van der Waals surface area contributed by atoms with E-state index in [2.05, 4.69) is 20.9 Å². The van der Waals surface area contributed by atoms with Crippen LogP contribution >= 0.6 is 0 Å². The van der Waals surface area contributed by atoms with E-state index in [1.165, 1.54) is 4.68 Å². The van der Waals surface area contributed by atoms with Crippen molar-refractivity contribution in [3.8, 4) is 0 Å². The van der Waals surface area contributed by atoms with Crippen LogP contribution in [0.5, 0.6) is 0 Å². The van der Waals surface area contributed by atoms with E-state index in [4.69, 9.17) is 10.5 Å². The van der Waals surface area contributed by atoms with Crippen LogP contribution in [-0.4, -0.2) is 53.6 Å². The fourth-order valence-electron chi connectivity index (χ4n) is 1.41. The summed E-state index contributed by atoms with van der Waals surface area (Å²) in [7, 11) is 1.61. The minimum Gasteiger partial charge on any atom is -0.385 e. The molecule has 0 fully saturated rings. The summed E-state index contributed by atoms with van der Waals surface area (Å²) in [5.41, 5.74) is 5.73. The smallest absolute Gasteiger partial charge is 0.241 e. The number of nitrogens with two attached hydrogens (primary N) is 1. The fourth-order valence-corrected chi connectivity index (χ4v) is 1.41. The predicted octanol–water partition coefficient (Wildman–Crippen LogP) is -1.99. The molecule has 0 bridgehead atoms. The average molecular weight is 284 g/mol. The molecule has 1 aromatic heterocycles. The minimum absolute atomic E-state index is 0.0714. The number of ether oxygens (including phenoxy) is 1. The molecule has 0 atom stereocenters. The SMILES string of the molecule is COCCCNC(=O)Cn1cc(CNC(=O)CN)nn1. The first-order valence-electron chi connectivity index (χ1n) is 6.27. The van der Waals surface area contributed by atoms with Crippen molar-refractivity contribution >= 4 is 11.8 Å². The zero-order valence-corrected chi connectivity index (χ0v) is 11.5. The van der Waals surface area contributed by atoms with Crippen molar-refractivity contribution in [1.29, 1.82) is 0 Å². The summed E-state index contributed by atoms with van der Waals surface area (Å²) in [6.45, 7) is 1.42. The maximum absolute atomic E-state index is 11.6. The summed E-state index contributed by atoms with van der Waals surface area (Å²) in [5, 5.41) is 13.0.